The van der Waals surface area contributed by atoms with Crippen molar-refractivity contribution in [1.82, 2.24) is 10.2 Å². The monoisotopic (exact) mass is 424 g/mol. The molecule has 3 rings (SSSR count). The second-order valence-corrected chi connectivity index (χ2v) is 7.47. The normalized spacial score (nSPS) is 24.0. The molecule has 1 N–H and O–H groups in total. The highest BCUT2D eigenvalue weighted by Crippen LogP contribution is 2.39. The topological polar surface area (TPSA) is 41.6 Å². The maximum Gasteiger partial charge on any atom is 0.417 e. The quantitative estimate of drug-likeness (QED) is 0.746. The number of halogens is 6. The van der Waals surface area contributed by atoms with Crippen molar-refractivity contribution in [2.24, 2.45) is 0 Å². The molecule has 1 aromatic rings. The van der Waals surface area contributed by atoms with Gasteiger partial charge in [0.05, 0.1) is 29.3 Å². The van der Waals surface area contributed by atoms with Crippen LogP contribution in [0.1, 0.15) is 46.3 Å². The van der Waals surface area contributed by atoms with Crippen LogP contribution in [0.15, 0.2) is 12.1 Å². The van der Waals surface area contributed by atoms with E-state index in [4.69, 9.17) is 4.74 Å². The zero-order valence-electron chi connectivity index (χ0n) is 15.8. The number of hydrogen-bond acceptors (Lipinski definition) is 3. The molecule has 2 aliphatic rings. The van der Waals surface area contributed by atoms with Gasteiger partial charge >= 0.3 is 12.4 Å². The van der Waals surface area contributed by atoms with E-state index in [-0.39, 0.29) is 24.3 Å². The Kier molecular flexibility index (Phi) is 6.14. The lowest BCUT2D eigenvalue weighted by molar-refractivity contribution is -0.143. The third kappa shape index (κ3) is 4.85. The van der Waals surface area contributed by atoms with Crippen molar-refractivity contribution in [2.45, 2.75) is 50.6 Å². The summed E-state index contributed by atoms with van der Waals surface area (Å²) in [6, 6.07) is -0.0344. The second-order valence-electron chi connectivity index (χ2n) is 7.47. The van der Waals surface area contributed by atoms with Gasteiger partial charge in [0.25, 0.3) is 5.91 Å². The Bertz CT molecular complexity index is 756. The molecule has 0 radical (unpaired) electrons. The van der Waals surface area contributed by atoms with E-state index < -0.39 is 41.0 Å². The Morgan fingerprint density at radius 2 is 1.76 bits per heavy atom. The molecular formula is C19H22F6N2O2. The Hall–Kier alpha value is -1.81. The number of amides is 1. The molecule has 2 atom stereocenters. The molecule has 0 bridgehead atoms. The molecular weight excluding hydrogens is 402 g/mol. The molecule has 1 amide bonds. The Balaban J connectivity index is 1.91. The van der Waals surface area contributed by atoms with Gasteiger partial charge in [0.1, 0.15) is 0 Å². The van der Waals surface area contributed by atoms with E-state index in [0.717, 1.165) is 32.9 Å². The van der Waals surface area contributed by atoms with Crippen molar-refractivity contribution in [3.8, 4) is 0 Å². The predicted octanol–water partition coefficient (Wildman–Crippen LogP) is 4.02. The lowest BCUT2D eigenvalue weighted by Crippen LogP contribution is -2.56. The number of rotatable bonds is 3. The van der Waals surface area contributed by atoms with Gasteiger partial charge < -0.3 is 10.1 Å². The lowest BCUT2D eigenvalue weighted by atomic mass is 9.95. The van der Waals surface area contributed by atoms with E-state index in [9.17, 15) is 31.1 Å². The molecule has 162 valence electrons. The number of carbonyl (C=O) groups is 1. The summed E-state index contributed by atoms with van der Waals surface area (Å²) >= 11 is 0. The molecule has 2 heterocycles. The third-order valence-electron chi connectivity index (χ3n) is 5.44. The van der Waals surface area contributed by atoms with Crippen LogP contribution in [-0.2, 0) is 17.1 Å². The van der Waals surface area contributed by atoms with Crippen molar-refractivity contribution in [3.63, 3.8) is 0 Å². The zero-order valence-corrected chi connectivity index (χ0v) is 15.8. The van der Waals surface area contributed by atoms with Crippen LogP contribution in [0.5, 0.6) is 0 Å². The Morgan fingerprint density at radius 1 is 1.10 bits per heavy atom. The molecule has 0 aliphatic carbocycles. The molecule has 10 heteroatoms. The number of hydrogen-bond donors (Lipinski definition) is 1. The van der Waals surface area contributed by atoms with Gasteiger partial charge in [-0.25, -0.2) is 0 Å². The summed E-state index contributed by atoms with van der Waals surface area (Å²) in [5.41, 5.74) is -4.18. The third-order valence-corrected chi connectivity index (χ3v) is 5.44. The zero-order chi connectivity index (χ0) is 21.4. The van der Waals surface area contributed by atoms with E-state index in [1.54, 1.807) is 0 Å². The first-order valence-electron chi connectivity index (χ1n) is 9.40. The molecule has 0 aromatic heterocycles. The van der Waals surface area contributed by atoms with Gasteiger partial charge in [-0.15, -0.1) is 0 Å². The highest BCUT2D eigenvalue weighted by molar-refractivity contribution is 5.97. The summed E-state index contributed by atoms with van der Waals surface area (Å²) in [7, 11) is 0. The first-order valence-corrected chi connectivity index (χ1v) is 9.40. The number of nitrogens with zero attached hydrogens (tertiary/aromatic N) is 1. The van der Waals surface area contributed by atoms with Gasteiger partial charge in [0, 0.05) is 12.6 Å². The molecule has 0 unspecified atom stereocenters. The van der Waals surface area contributed by atoms with E-state index in [0.29, 0.717) is 19.1 Å². The van der Waals surface area contributed by atoms with Crippen LogP contribution in [0.25, 0.3) is 0 Å². The SMILES string of the molecule is Cc1cc(C(F)(F)F)cc(C(F)(F)F)c1C(=O)N[C@H]1COCC[C@H]1N1CCCC1. The van der Waals surface area contributed by atoms with E-state index >= 15 is 0 Å². The molecule has 29 heavy (non-hydrogen) atoms. The van der Waals surface area contributed by atoms with E-state index in [2.05, 4.69) is 10.2 Å². The highest BCUT2D eigenvalue weighted by Gasteiger charge is 2.41. The fourth-order valence-corrected chi connectivity index (χ4v) is 4.09. The van der Waals surface area contributed by atoms with Crippen molar-refractivity contribution < 1.29 is 35.9 Å². The average Bonchev–Trinajstić information content (AvgIpc) is 3.14. The van der Waals surface area contributed by atoms with Crippen LogP contribution >= 0.6 is 0 Å². The van der Waals surface area contributed by atoms with Crippen LogP contribution in [-0.4, -0.2) is 49.2 Å². The predicted molar refractivity (Wildman–Crippen MR) is 92.5 cm³/mol. The van der Waals surface area contributed by atoms with Gasteiger partial charge in [-0.2, -0.15) is 26.3 Å². The molecule has 2 aliphatic heterocycles. The van der Waals surface area contributed by atoms with Crippen LogP contribution < -0.4 is 5.32 Å². The molecule has 0 saturated carbocycles. The second kappa shape index (κ2) is 8.14. The number of nitrogens with one attached hydrogen (secondary N) is 1. The molecule has 0 spiro atoms. The van der Waals surface area contributed by atoms with Crippen molar-refractivity contribution in [1.29, 1.82) is 0 Å². The van der Waals surface area contributed by atoms with Crippen LogP contribution in [0.2, 0.25) is 0 Å². The molecule has 1 aromatic carbocycles. The van der Waals surface area contributed by atoms with Gasteiger partial charge in [-0.3, -0.25) is 9.69 Å². The summed E-state index contributed by atoms with van der Waals surface area (Å²) in [5, 5.41) is 2.59. The molecule has 2 saturated heterocycles. The van der Waals surface area contributed by atoms with Crippen LogP contribution in [0.4, 0.5) is 26.3 Å². The maximum absolute atomic E-state index is 13.5. The summed E-state index contributed by atoms with van der Waals surface area (Å²) in [6.45, 7) is 3.39. The number of alkyl halides is 6. The maximum atomic E-state index is 13.5. The van der Waals surface area contributed by atoms with Gasteiger partial charge in [0.2, 0.25) is 0 Å². The largest absolute Gasteiger partial charge is 0.417 e. The Morgan fingerprint density at radius 3 is 2.34 bits per heavy atom. The van der Waals surface area contributed by atoms with Crippen LogP contribution in [0.3, 0.4) is 0 Å². The summed E-state index contributed by atoms with van der Waals surface area (Å²) < 4.78 is 84.7. The van der Waals surface area contributed by atoms with Gasteiger partial charge in [-0.05, 0) is 57.0 Å². The molecule has 2 fully saturated rings. The summed E-state index contributed by atoms with van der Waals surface area (Å²) in [5.74, 6) is -1.04. The minimum atomic E-state index is -5.10. The number of benzene rings is 1. The number of likely N-dealkylation sites (tertiary alicyclic amines) is 1. The van der Waals surface area contributed by atoms with Crippen molar-refractivity contribution in [2.75, 3.05) is 26.3 Å². The smallest absolute Gasteiger partial charge is 0.379 e. The van der Waals surface area contributed by atoms with E-state index in [1.807, 2.05) is 0 Å². The van der Waals surface area contributed by atoms with Gasteiger partial charge in [0.15, 0.2) is 0 Å². The number of aryl methyl sites for hydroxylation is 1. The van der Waals surface area contributed by atoms with E-state index in [1.165, 1.54) is 0 Å². The van der Waals surface area contributed by atoms with Crippen LogP contribution in [0, 0.1) is 6.92 Å². The Labute approximate surface area is 164 Å². The fourth-order valence-electron chi connectivity index (χ4n) is 4.09. The summed E-state index contributed by atoms with van der Waals surface area (Å²) in [6.07, 6.45) is -7.40. The minimum absolute atomic E-state index is 0.00274. The fraction of sp³-hybridized carbons (Fsp3) is 0.632. The standard InChI is InChI=1S/C19H22F6N2O2/c1-11-8-12(18(20,21)22)9-13(19(23,24)25)16(11)17(28)26-14-10-29-7-4-15(14)27-5-2-3-6-27/h8-9,14-15H,2-7,10H2,1H3,(H,26,28)/t14-,15+/m0/s1. The first-order chi connectivity index (χ1) is 13.5. The minimum Gasteiger partial charge on any atom is -0.379 e. The highest BCUT2D eigenvalue weighted by atomic mass is 19.4. The lowest BCUT2D eigenvalue weighted by Gasteiger charge is -2.38. The number of carbonyl (C=O) groups excluding carboxylic acids is 1. The average molecular weight is 424 g/mol. The first kappa shape index (κ1) is 21.9. The summed E-state index contributed by atoms with van der Waals surface area (Å²) in [4.78, 5) is 14.9. The molecule has 4 nitrogen and oxygen atoms in total. The van der Waals surface area contributed by atoms with Crippen molar-refractivity contribution >= 4 is 5.91 Å². The van der Waals surface area contributed by atoms with Crippen molar-refractivity contribution in [3.05, 3.63) is 34.4 Å². The van der Waals surface area contributed by atoms with Gasteiger partial charge in [-0.1, -0.05) is 0 Å². The number of ether oxygens (including phenoxy) is 1.